The van der Waals surface area contributed by atoms with Crippen molar-refractivity contribution in [3.8, 4) is 0 Å². The Morgan fingerprint density at radius 1 is 1.55 bits per heavy atom. The molecule has 0 saturated heterocycles. The predicted octanol–water partition coefficient (Wildman–Crippen LogP) is 1.41. The van der Waals surface area contributed by atoms with Crippen molar-refractivity contribution in [1.82, 2.24) is 9.71 Å². The van der Waals surface area contributed by atoms with Gasteiger partial charge in [0, 0.05) is 26.5 Å². The fraction of sp³-hybridized carbons (Fsp3) is 0.583. The molecule has 1 saturated carbocycles. The van der Waals surface area contributed by atoms with Crippen LogP contribution in [0.15, 0.2) is 17.2 Å². The monoisotopic (exact) mass is 319 g/mol. The van der Waals surface area contributed by atoms with Gasteiger partial charge in [-0.2, -0.15) is 0 Å². The van der Waals surface area contributed by atoms with Gasteiger partial charge in [-0.15, -0.1) is 0 Å². The smallest absolute Gasteiger partial charge is 0.242 e. The SMILES string of the molecule is COCCC1(CNS(=O)(=O)c2cnc(N)c(Cl)c2)CC1. The predicted molar refractivity (Wildman–Crippen MR) is 77.0 cm³/mol. The van der Waals surface area contributed by atoms with Crippen molar-refractivity contribution >= 4 is 27.4 Å². The highest BCUT2D eigenvalue weighted by Gasteiger charge is 2.42. The normalized spacial score (nSPS) is 17.1. The molecule has 112 valence electrons. The van der Waals surface area contributed by atoms with E-state index in [0.717, 1.165) is 19.3 Å². The lowest BCUT2D eigenvalue weighted by Crippen LogP contribution is -2.31. The fourth-order valence-electron chi connectivity index (χ4n) is 1.92. The van der Waals surface area contributed by atoms with Gasteiger partial charge in [0.15, 0.2) is 0 Å². The molecule has 20 heavy (non-hydrogen) atoms. The lowest BCUT2D eigenvalue weighted by atomic mass is 10.0. The first-order valence-corrected chi connectivity index (χ1v) is 8.14. The third-order valence-corrected chi connectivity index (χ3v) is 5.26. The number of nitrogens with zero attached hydrogens (tertiary/aromatic N) is 1. The third kappa shape index (κ3) is 3.60. The minimum atomic E-state index is -3.61. The van der Waals surface area contributed by atoms with Crippen molar-refractivity contribution in [2.24, 2.45) is 5.41 Å². The first-order valence-electron chi connectivity index (χ1n) is 6.28. The second kappa shape index (κ2) is 5.85. The minimum Gasteiger partial charge on any atom is -0.385 e. The van der Waals surface area contributed by atoms with Crippen molar-refractivity contribution in [2.75, 3.05) is 26.0 Å². The maximum Gasteiger partial charge on any atom is 0.242 e. The molecule has 3 N–H and O–H groups in total. The van der Waals surface area contributed by atoms with Crippen molar-refractivity contribution in [2.45, 2.75) is 24.2 Å². The highest BCUT2D eigenvalue weighted by molar-refractivity contribution is 7.89. The van der Waals surface area contributed by atoms with Crippen LogP contribution in [0, 0.1) is 5.41 Å². The number of hydrogen-bond acceptors (Lipinski definition) is 5. The molecule has 0 aliphatic heterocycles. The molecule has 0 amide bonds. The van der Waals surface area contributed by atoms with Crippen molar-refractivity contribution < 1.29 is 13.2 Å². The van der Waals surface area contributed by atoms with Crippen LogP contribution in [0.1, 0.15) is 19.3 Å². The van der Waals surface area contributed by atoms with E-state index in [2.05, 4.69) is 9.71 Å². The zero-order chi connectivity index (χ0) is 14.8. The van der Waals surface area contributed by atoms with E-state index >= 15 is 0 Å². The summed E-state index contributed by atoms with van der Waals surface area (Å²) >= 11 is 5.79. The number of ether oxygens (including phenoxy) is 1. The van der Waals surface area contributed by atoms with E-state index in [1.807, 2.05) is 0 Å². The maximum absolute atomic E-state index is 12.2. The van der Waals surface area contributed by atoms with Crippen LogP contribution >= 0.6 is 11.6 Å². The molecule has 1 aliphatic carbocycles. The minimum absolute atomic E-state index is 0.0271. The average Bonchev–Trinajstić information content (AvgIpc) is 3.18. The van der Waals surface area contributed by atoms with Crippen LogP contribution in [0.4, 0.5) is 5.82 Å². The van der Waals surface area contributed by atoms with Crippen molar-refractivity contribution in [1.29, 1.82) is 0 Å². The van der Waals surface area contributed by atoms with E-state index in [1.165, 1.54) is 12.3 Å². The van der Waals surface area contributed by atoms with Gasteiger partial charge < -0.3 is 10.5 Å². The summed E-state index contributed by atoms with van der Waals surface area (Å²) in [5, 5.41) is 0.133. The molecular weight excluding hydrogens is 302 g/mol. The Balaban J connectivity index is 2.02. The zero-order valence-corrected chi connectivity index (χ0v) is 12.8. The summed E-state index contributed by atoms with van der Waals surface area (Å²) in [5.74, 6) is 0.115. The zero-order valence-electron chi connectivity index (χ0n) is 11.2. The maximum atomic E-state index is 12.2. The Bertz CT molecular complexity index is 588. The first-order chi connectivity index (χ1) is 9.38. The molecule has 1 aromatic rings. The lowest BCUT2D eigenvalue weighted by Gasteiger charge is -2.15. The standard InChI is InChI=1S/C12H18ClN3O3S/c1-19-5-4-12(2-3-12)8-16-20(17,18)9-6-10(13)11(14)15-7-9/h6-7,16H,2-5,8H2,1H3,(H2,14,15). The van der Waals surface area contributed by atoms with Gasteiger partial charge >= 0.3 is 0 Å². The Morgan fingerprint density at radius 3 is 2.80 bits per heavy atom. The Labute approximate surface area is 123 Å². The molecule has 2 rings (SSSR count). The van der Waals surface area contributed by atoms with Gasteiger partial charge in [0.05, 0.1) is 5.02 Å². The van der Waals surface area contributed by atoms with Crippen molar-refractivity contribution in [3.05, 3.63) is 17.3 Å². The summed E-state index contributed by atoms with van der Waals surface area (Å²) in [6, 6.07) is 1.31. The van der Waals surface area contributed by atoms with Gasteiger partial charge in [0.1, 0.15) is 10.7 Å². The van der Waals surface area contributed by atoms with E-state index in [0.29, 0.717) is 13.2 Å². The second-order valence-corrected chi connectivity index (χ2v) is 7.28. The molecule has 1 heterocycles. The molecular formula is C12H18ClN3O3S. The molecule has 1 aromatic heterocycles. The fourth-order valence-corrected chi connectivity index (χ4v) is 3.28. The average molecular weight is 320 g/mol. The third-order valence-electron chi connectivity index (χ3n) is 3.59. The van der Waals surface area contributed by atoms with Crippen LogP contribution in [-0.4, -0.2) is 33.7 Å². The quantitative estimate of drug-likeness (QED) is 0.792. The molecule has 0 unspecified atom stereocenters. The molecule has 0 atom stereocenters. The lowest BCUT2D eigenvalue weighted by molar-refractivity contribution is 0.173. The largest absolute Gasteiger partial charge is 0.385 e. The summed E-state index contributed by atoms with van der Waals surface area (Å²) in [5.41, 5.74) is 5.50. The number of aromatic nitrogens is 1. The van der Waals surface area contributed by atoms with E-state index in [9.17, 15) is 8.42 Å². The van der Waals surface area contributed by atoms with Gasteiger partial charge in [-0.1, -0.05) is 11.6 Å². The van der Waals surface area contributed by atoms with Gasteiger partial charge in [-0.3, -0.25) is 0 Å². The molecule has 0 bridgehead atoms. The van der Waals surface area contributed by atoms with Gasteiger partial charge in [0.2, 0.25) is 10.0 Å². The number of rotatable bonds is 7. The number of nitrogens with two attached hydrogens (primary N) is 1. The van der Waals surface area contributed by atoms with E-state index in [1.54, 1.807) is 7.11 Å². The number of hydrogen-bond donors (Lipinski definition) is 2. The summed E-state index contributed by atoms with van der Waals surface area (Å²) in [6.07, 6.45) is 4.09. The van der Waals surface area contributed by atoms with E-state index in [-0.39, 0.29) is 21.2 Å². The molecule has 6 nitrogen and oxygen atoms in total. The van der Waals surface area contributed by atoms with Crippen LogP contribution in [0.25, 0.3) is 0 Å². The summed E-state index contributed by atoms with van der Waals surface area (Å²) in [6.45, 7) is 1.04. The summed E-state index contributed by atoms with van der Waals surface area (Å²) < 4.78 is 32.0. The van der Waals surface area contributed by atoms with E-state index < -0.39 is 10.0 Å². The van der Waals surface area contributed by atoms with Crippen molar-refractivity contribution in [3.63, 3.8) is 0 Å². The number of anilines is 1. The van der Waals surface area contributed by atoms with Crippen LogP contribution in [0.3, 0.4) is 0 Å². The topological polar surface area (TPSA) is 94.3 Å². The number of sulfonamides is 1. The first kappa shape index (κ1) is 15.5. The van der Waals surface area contributed by atoms with Crippen LogP contribution in [0.5, 0.6) is 0 Å². The number of methoxy groups -OCH3 is 1. The molecule has 1 fully saturated rings. The molecule has 0 aromatic carbocycles. The Kier molecular flexibility index (Phi) is 4.53. The van der Waals surface area contributed by atoms with Gasteiger partial charge in [-0.25, -0.2) is 18.1 Å². The van der Waals surface area contributed by atoms with Gasteiger partial charge in [0.25, 0.3) is 0 Å². The highest BCUT2D eigenvalue weighted by Crippen LogP contribution is 2.48. The number of nitrogens with one attached hydrogen (secondary N) is 1. The molecule has 0 radical (unpaired) electrons. The highest BCUT2D eigenvalue weighted by atomic mass is 35.5. The van der Waals surface area contributed by atoms with E-state index in [4.69, 9.17) is 22.1 Å². The molecule has 8 heteroatoms. The Hall–Kier alpha value is -0.890. The number of nitrogen functional groups attached to an aromatic ring is 1. The number of pyridine rings is 1. The van der Waals surface area contributed by atoms with Crippen LogP contribution in [0.2, 0.25) is 5.02 Å². The molecule has 0 spiro atoms. The number of halogens is 1. The summed E-state index contributed by atoms with van der Waals surface area (Å²) in [7, 11) is -1.97. The summed E-state index contributed by atoms with van der Waals surface area (Å²) in [4.78, 5) is 3.79. The van der Waals surface area contributed by atoms with Crippen LogP contribution in [-0.2, 0) is 14.8 Å². The van der Waals surface area contributed by atoms with Crippen LogP contribution < -0.4 is 10.5 Å². The second-order valence-electron chi connectivity index (χ2n) is 5.11. The van der Waals surface area contributed by atoms with Gasteiger partial charge in [-0.05, 0) is 30.7 Å². The molecule has 1 aliphatic rings. The Morgan fingerprint density at radius 2 is 2.25 bits per heavy atom.